The van der Waals surface area contributed by atoms with E-state index in [2.05, 4.69) is 13.8 Å². The third kappa shape index (κ3) is 0.769. The molecule has 2 bridgehead atoms. The molecule has 1 nitrogen and oxygen atoms in total. The van der Waals surface area contributed by atoms with Crippen molar-refractivity contribution in [1.82, 2.24) is 0 Å². The monoisotopic (exact) mass is 178 g/mol. The van der Waals surface area contributed by atoms with Crippen LogP contribution < -0.4 is 0 Å². The fourth-order valence-electron chi connectivity index (χ4n) is 4.34. The molecule has 4 saturated carbocycles. The van der Waals surface area contributed by atoms with Crippen LogP contribution in [0.3, 0.4) is 0 Å². The summed E-state index contributed by atoms with van der Waals surface area (Å²) in [5.74, 6) is 2.36. The van der Waals surface area contributed by atoms with Crippen molar-refractivity contribution in [1.29, 1.82) is 0 Å². The molecule has 2 unspecified atom stereocenters. The van der Waals surface area contributed by atoms with E-state index >= 15 is 0 Å². The summed E-state index contributed by atoms with van der Waals surface area (Å²) in [5, 5.41) is 0. The van der Waals surface area contributed by atoms with E-state index in [1.807, 2.05) is 0 Å². The van der Waals surface area contributed by atoms with E-state index in [4.69, 9.17) is 0 Å². The van der Waals surface area contributed by atoms with Gasteiger partial charge in [0.15, 0.2) is 0 Å². The molecule has 0 aromatic rings. The summed E-state index contributed by atoms with van der Waals surface area (Å²) in [6, 6.07) is 0. The van der Waals surface area contributed by atoms with E-state index in [-0.39, 0.29) is 0 Å². The summed E-state index contributed by atoms with van der Waals surface area (Å²) >= 11 is 0. The largest absolute Gasteiger partial charge is 0.300 e. The van der Waals surface area contributed by atoms with Crippen molar-refractivity contribution in [3.8, 4) is 0 Å². The van der Waals surface area contributed by atoms with E-state index in [0.29, 0.717) is 16.6 Å². The van der Waals surface area contributed by atoms with Crippen LogP contribution in [0.4, 0.5) is 0 Å². The van der Waals surface area contributed by atoms with Gasteiger partial charge in [0.2, 0.25) is 0 Å². The Morgan fingerprint density at radius 1 is 1.31 bits per heavy atom. The lowest BCUT2D eigenvalue weighted by molar-refractivity contribution is -0.190. The van der Waals surface area contributed by atoms with Crippen LogP contribution in [0.1, 0.15) is 46.0 Å². The fourth-order valence-corrected chi connectivity index (χ4v) is 4.34. The number of hydrogen-bond acceptors (Lipinski definition) is 1. The lowest BCUT2D eigenvalue weighted by Crippen LogP contribution is -2.61. The summed E-state index contributed by atoms with van der Waals surface area (Å²) < 4.78 is 0. The van der Waals surface area contributed by atoms with Crippen LogP contribution in [0.25, 0.3) is 0 Å². The van der Waals surface area contributed by atoms with Crippen molar-refractivity contribution in [2.24, 2.45) is 22.7 Å². The van der Waals surface area contributed by atoms with Gasteiger partial charge in [-0.15, -0.1) is 0 Å². The second kappa shape index (κ2) is 2.02. The minimum atomic E-state index is 0.481. The Morgan fingerprint density at radius 3 is 2.46 bits per heavy atom. The Balaban J connectivity index is 1.88. The molecule has 4 fully saturated rings. The number of carbonyl (C=O) groups excluding carboxylic acids is 1. The van der Waals surface area contributed by atoms with Crippen LogP contribution >= 0.6 is 0 Å². The SMILES string of the molecule is CC1(C)C2CCC3(CC(=O)C3)C1C2. The molecule has 1 heteroatoms. The maximum atomic E-state index is 11.1. The van der Waals surface area contributed by atoms with E-state index in [1.54, 1.807) is 0 Å². The standard InChI is InChI=1S/C12H18O/c1-11(2)8-3-4-12(10(11)5-8)6-9(13)7-12/h8,10H,3-7H2,1-2H3. The number of carbonyl (C=O) groups is 1. The van der Waals surface area contributed by atoms with Gasteiger partial charge < -0.3 is 0 Å². The first kappa shape index (κ1) is 8.02. The zero-order chi connectivity index (χ0) is 9.27. The second-order valence-corrected chi connectivity index (χ2v) is 6.10. The summed E-state index contributed by atoms with van der Waals surface area (Å²) in [7, 11) is 0. The zero-order valence-electron chi connectivity index (χ0n) is 8.60. The molecular formula is C12H18O. The van der Waals surface area contributed by atoms with Gasteiger partial charge >= 0.3 is 0 Å². The molecule has 2 atom stereocenters. The molecule has 0 amide bonds. The number of hydrogen-bond donors (Lipinski definition) is 0. The third-order valence-corrected chi connectivity index (χ3v) is 5.30. The van der Waals surface area contributed by atoms with Gasteiger partial charge in [-0.3, -0.25) is 4.79 Å². The van der Waals surface area contributed by atoms with Gasteiger partial charge in [-0.2, -0.15) is 0 Å². The van der Waals surface area contributed by atoms with Gasteiger partial charge in [-0.25, -0.2) is 0 Å². The normalized spacial score (nSPS) is 44.0. The van der Waals surface area contributed by atoms with Crippen molar-refractivity contribution < 1.29 is 4.79 Å². The Hall–Kier alpha value is -0.330. The van der Waals surface area contributed by atoms with Crippen LogP contribution in [-0.4, -0.2) is 5.78 Å². The summed E-state index contributed by atoms with van der Waals surface area (Å²) in [6.07, 6.45) is 5.97. The molecule has 0 aromatic carbocycles. The Labute approximate surface area is 79.9 Å². The molecule has 4 aliphatic carbocycles. The highest BCUT2D eigenvalue weighted by molar-refractivity contribution is 5.86. The van der Waals surface area contributed by atoms with Crippen LogP contribution in [0, 0.1) is 22.7 Å². The summed E-state index contributed by atoms with van der Waals surface area (Å²) in [6.45, 7) is 4.82. The van der Waals surface area contributed by atoms with E-state index in [1.165, 1.54) is 19.3 Å². The quantitative estimate of drug-likeness (QED) is 0.557. The minimum Gasteiger partial charge on any atom is -0.300 e. The molecule has 72 valence electrons. The molecule has 0 aromatic heterocycles. The lowest BCUT2D eigenvalue weighted by Gasteiger charge is -2.67. The second-order valence-electron chi connectivity index (χ2n) is 6.10. The predicted octanol–water partition coefficient (Wildman–Crippen LogP) is 2.79. The van der Waals surface area contributed by atoms with Gasteiger partial charge in [-0.1, -0.05) is 13.8 Å². The Morgan fingerprint density at radius 2 is 2.00 bits per heavy atom. The molecule has 4 rings (SSSR count). The molecule has 4 aliphatic rings. The molecule has 0 saturated heterocycles. The number of ketones is 1. The number of Topliss-reactive ketones (excluding diaryl/α,β-unsaturated/α-hetero) is 1. The van der Waals surface area contributed by atoms with Crippen molar-refractivity contribution in [3.05, 3.63) is 0 Å². The van der Waals surface area contributed by atoms with Crippen LogP contribution in [0.5, 0.6) is 0 Å². The molecule has 13 heavy (non-hydrogen) atoms. The van der Waals surface area contributed by atoms with Crippen LogP contribution in [0.15, 0.2) is 0 Å². The van der Waals surface area contributed by atoms with Crippen molar-refractivity contribution in [2.45, 2.75) is 46.0 Å². The smallest absolute Gasteiger partial charge is 0.134 e. The third-order valence-electron chi connectivity index (χ3n) is 5.30. The topological polar surface area (TPSA) is 17.1 Å². The Kier molecular flexibility index (Phi) is 1.24. The van der Waals surface area contributed by atoms with Crippen molar-refractivity contribution in [2.75, 3.05) is 0 Å². The first-order valence-electron chi connectivity index (χ1n) is 5.56. The lowest BCUT2D eigenvalue weighted by atomic mass is 9.36. The first-order chi connectivity index (χ1) is 6.05. The molecule has 0 aliphatic heterocycles. The van der Waals surface area contributed by atoms with Gasteiger partial charge in [0.25, 0.3) is 0 Å². The molecule has 0 heterocycles. The van der Waals surface area contributed by atoms with Crippen LogP contribution in [-0.2, 0) is 4.79 Å². The average Bonchev–Trinajstić information content (AvgIpc) is 2.01. The summed E-state index contributed by atoms with van der Waals surface area (Å²) in [5.41, 5.74) is 1.04. The van der Waals surface area contributed by atoms with Crippen molar-refractivity contribution in [3.63, 3.8) is 0 Å². The zero-order valence-corrected chi connectivity index (χ0v) is 8.60. The average molecular weight is 178 g/mol. The van der Waals surface area contributed by atoms with Gasteiger partial charge in [-0.05, 0) is 41.9 Å². The molecule has 1 spiro atoms. The van der Waals surface area contributed by atoms with Crippen molar-refractivity contribution >= 4 is 5.78 Å². The molecule has 0 radical (unpaired) electrons. The predicted molar refractivity (Wildman–Crippen MR) is 51.3 cm³/mol. The maximum absolute atomic E-state index is 11.1. The fraction of sp³-hybridized carbons (Fsp3) is 0.917. The van der Waals surface area contributed by atoms with E-state index in [9.17, 15) is 4.79 Å². The first-order valence-corrected chi connectivity index (χ1v) is 5.56. The van der Waals surface area contributed by atoms with E-state index < -0.39 is 0 Å². The molecule has 0 N–H and O–H groups in total. The van der Waals surface area contributed by atoms with E-state index in [0.717, 1.165) is 24.7 Å². The van der Waals surface area contributed by atoms with Gasteiger partial charge in [0.1, 0.15) is 5.78 Å². The molecular weight excluding hydrogens is 160 g/mol. The highest BCUT2D eigenvalue weighted by Crippen LogP contribution is 2.70. The highest BCUT2D eigenvalue weighted by atomic mass is 16.1. The van der Waals surface area contributed by atoms with Gasteiger partial charge in [0, 0.05) is 12.8 Å². The van der Waals surface area contributed by atoms with Crippen LogP contribution in [0.2, 0.25) is 0 Å². The number of rotatable bonds is 0. The highest BCUT2D eigenvalue weighted by Gasteiger charge is 2.64. The van der Waals surface area contributed by atoms with Gasteiger partial charge in [0.05, 0.1) is 0 Å². The Bertz CT molecular complexity index is 267. The summed E-state index contributed by atoms with van der Waals surface area (Å²) in [4.78, 5) is 11.1. The minimum absolute atomic E-state index is 0.481. The maximum Gasteiger partial charge on any atom is 0.134 e. The number of fused-ring (bicyclic) bond motifs is 1.